The van der Waals surface area contributed by atoms with Crippen LogP contribution in [0.3, 0.4) is 0 Å². The van der Waals surface area contributed by atoms with E-state index in [0.29, 0.717) is 38.6 Å². The van der Waals surface area contributed by atoms with Crippen LogP contribution in [0, 0.1) is 0 Å². The quantitative estimate of drug-likeness (QED) is 0.544. The standard InChI is InChI=1S/C24H24Cl2O4/c1-23(2)21(27)20(22(28)24(3,4)30-23)17-12-15(8-9-16(17)13-5-6-13)29-19-10-7-14(25)11-18(19)26/h7-13,27H,5-6H2,1-4H3. The Morgan fingerprint density at radius 1 is 1.03 bits per heavy atom. The van der Waals surface area contributed by atoms with Gasteiger partial charge in [0.05, 0.1) is 10.6 Å². The van der Waals surface area contributed by atoms with Gasteiger partial charge >= 0.3 is 0 Å². The van der Waals surface area contributed by atoms with Gasteiger partial charge in [0.2, 0.25) is 0 Å². The topological polar surface area (TPSA) is 55.8 Å². The largest absolute Gasteiger partial charge is 0.508 e. The van der Waals surface area contributed by atoms with Gasteiger partial charge in [-0.05, 0) is 87.9 Å². The molecule has 1 saturated carbocycles. The number of ether oxygens (including phenoxy) is 2. The molecule has 2 aliphatic rings. The van der Waals surface area contributed by atoms with E-state index in [1.165, 1.54) is 0 Å². The van der Waals surface area contributed by atoms with Gasteiger partial charge in [-0.2, -0.15) is 0 Å². The van der Waals surface area contributed by atoms with E-state index in [2.05, 4.69) is 0 Å². The lowest BCUT2D eigenvalue weighted by atomic mass is 9.81. The summed E-state index contributed by atoms with van der Waals surface area (Å²) in [4.78, 5) is 13.3. The maximum Gasteiger partial charge on any atom is 0.198 e. The Labute approximate surface area is 186 Å². The molecule has 0 aromatic heterocycles. The highest BCUT2D eigenvalue weighted by atomic mass is 35.5. The third-order valence-electron chi connectivity index (χ3n) is 5.52. The van der Waals surface area contributed by atoms with Crippen molar-refractivity contribution in [3.63, 3.8) is 0 Å². The van der Waals surface area contributed by atoms with Crippen LogP contribution in [0.5, 0.6) is 11.5 Å². The lowest BCUT2D eigenvalue weighted by molar-refractivity contribution is -0.158. The van der Waals surface area contributed by atoms with Gasteiger partial charge in [0.15, 0.2) is 5.78 Å². The molecule has 158 valence electrons. The second-order valence-corrected chi connectivity index (χ2v) is 9.72. The summed E-state index contributed by atoms with van der Waals surface area (Å²) in [6.07, 6.45) is 2.11. The highest BCUT2D eigenvalue weighted by molar-refractivity contribution is 6.35. The van der Waals surface area contributed by atoms with Crippen molar-refractivity contribution in [3.05, 3.63) is 63.3 Å². The van der Waals surface area contributed by atoms with Crippen LogP contribution in [0.4, 0.5) is 0 Å². The van der Waals surface area contributed by atoms with Gasteiger partial charge in [-0.15, -0.1) is 0 Å². The molecule has 0 unspecified atom stereocenters. The molecule has 1 N–H and O–H groups in total. The summed E-state index contributed by atoms with van der Waals surface area (Å²) in [6.45, 7) is 6.99. The van der Waals surface area contributed by atoms with Gasteiger partial charge in [0, 0.05) is 5.02 Å². The van der Waals surface area contributed by atoms with Gasteiger partial charge in [-0.3, -0.25) is 4.79 Å². The predicted molar refractivity (Wildman–Crippen MR) is 119 cm³/mol. The van der Waals surface area contributed by atoms with Crippen molar-refractivity contribution < 1.29 is 19.4 Å². The molecule has 0 bridgehead atoms. The SMILES string of the molecule is CC1(C)OC(C)(C)C(O)=C(c2cc(Oc3ccc(Cl)cc3Cl)ccc2C2CC2)C1=O. The number of Topliss-reactive ketones (excluding diaryl/α,β-unsaturated/α-hetero) is 1. The van der Waals surface area contributed by atoms with Crippen molar-refractivity contribution in [3.8, 4) is 11.5 Å². The minimum absolute atomic E-state index is 0.0598. The van der Waals surface area contributed by atoms with Crippen LogP contribution in [0.25, 0.3) is 5.57 Å². The molecule has 1 heterocycles. The highest BCUT2D eigenvalue weighted by Gasteiger charge is 2.48. The first-order chi connectivity index (χ1) is 14.0. The van der Waals surface area contributed by atoms with E-state index in [-0.39, 0.29) is 11.5 Å². The first-order valence-electron chi connectivity index (χ1n) is 9.95. The van der Waals surface area contributed by atoms with Gasteiger partial charge in [0.1, 0.15) is 28.5 Å². The number of carbonyl (C=O) groups excluding carboxylic acids is 1. The molecule has 4 rings (SSSR count). The Kier molecular flexibility index (Phi) is 5.16. The van der Waals surface area contributed by atoms with Gasteiger partial charge < -0.3 is 14.6 Å². The van der Waals surface area contributed by atoms with Crippen molar-refractivity contribution in [1.29, 1.82) is 0 Å². The minimum Gasteiger partial charge on any atom is -0.508 e. The van der Waals surface area contributed by atoms with E-state index in [0.717, 1.165) is 18.4 Å². The molecule has 6 heteroatoms. The first-order valence-corrected chi connectivity index (χ1v) is 10.7. The average Bonchev–Trinajstić information content (AvgIpc) is 3.47. The Bertz CT molecular complexity index is 1060. The van der Waals surface area contributed by atoms with E-state index >= 15 is 0 Å². The highest BCUT2D eigenvalue weighted by Crippen LogP contribution is 2.48. The fourth-order valence-corrected chi connectivity index (χ4v) is 4.39. The van der Waals surface area contributed by atoms with E-state index in [4.69, 9.17) is 32.7 Å². The molecular formula is C24H24Cl2O4. The lowest BCUT2D eigenvalue weighted by Gasteiger charge is -2.40. The smallest absolute Gasteiger partial charge is 0.198 e. The molecule has 2 aromatic carbocycles. The average molecular weight is 447 g/mol. The fraction of sp³-hybridized carbons (Fsp3) is 0.375. The van der Waals surface area contributed by atoms with Crippen molar-refractivity contribution >= 4 is 34.6 Å². The Hall–Kier alpha value is -2.01. The summed E-state index contributed by atoms with van der Waals surface area (Å²) in [5.41, 5.74) is -0.0163. The molecule has 0 radical (unpaired) electrons. The van der Waals surface area contributed by atoms with Gasteiger partial charge in [-0.25, -0.2) is 0 Å². The summed E-state index contributed by atoms with van der Waals surface area (Å²) < 4.78 is 11.9. The van der Waals surface area contributed by atoms with Gasteiger partial charge in [-0.1, -0.05) is 29.3 Å². The number of benzene rings is 2. The normalized spacial score (nSPS) is 20.4. The number of aliphatic hydroxyl groups is 1. The van der Waals surface area contributed by atoms with E-state index in [1.807, 2.05) is 12.1 Å². The number of carbonyl (C=O) groups is 1. The molecular weight excluding hydrogens is 423 g/mol. The predicted octanol–water partition coefficient (Wildman–Crippen LogP) is 7.09. The molecule has 0 amide bonds. The van der Waals surface area contributed by atoms with Crippen molar-refractivity contribution in [1.82, 2.24) is 0 Å². The van der Waals surface area contributed by atoms with Crippen molar-refractivity contribution in [2.45, 2.75) is 57.7 Å². The second kappa shape index (κ2) is 7.30. The molecule has 1 aliphatic carbocycles. The van der Waals surface area contributed by atoms with E-state index in [1.54, 1.807) is 52.0 Å². The second-order valence-electron chi connectivity index (χ2n) is 8.88. The van der Waals surface area contributed by atoms with Crippen LogP contribution in [0.1, 0.15) is 57.6 Å². The number of rotatable bonds is 4. The molecule has 1 aliphatic heterocycles. The maximum absolute atomic E-state index is 13.3. The van der Waals surface area contributed by atoms with Crippen LogP contribution >= 0.6 is 23.2 Å². The van der Waals surface area contributed by atoms with Crippen LogP contribution < -0.4 is 4.74 Å². The van der Waals surface area contributed by atoms with E-state index < -0.39 is 11.2 Å². The molecule has 0 saturated heterocycles. The number of halogens is 2. The number of aliphatic hydroxyl groups excluding tert-OH is 1. The fourth-order valence-electron chi connectivity index (χ4n) is 3.94. The molecule has 4 nitrogen and oxygen atoms in total. The molecule has 0 spiro atoms. The summed E-state index contributed by atoms with van der Waals surface area (Å²) in [5.74, 6) is 1.05. The maximum atomic E-state index is 13.3. The Morgan fingerprint density at radius 2 is 1.73 bits per heavy atom. The first kappa shape index (κ1) is 21.2. The molecule has 1 fully saturated rings. The van der Waals surface area contributed by atoms with Gasteiger partial charge in [0.25, 0.3) is 0 Å². The summed E-state index contributed by atoms with van der Waals surface area (Å²) in [7, 11) is 0. The summed E-state index contributed by atoms with van der Waals surface area (Å²) in [5, 5.41) is 11.9. The minimum atomic E-state index is -1.05. The summed E-state index contributed by atoms with van der Waals surface area (Å²) in [6, 6.07) is 10.6. The van der Waals surface area contributed by atoms with Crippen LogP contribution in [0.2, 0.25) is 10.0 Å². The third kappa shape index (κ3) is 3.84. The number of hydrogen-bond acceptors (Lipinski definition) is 4. The molecule has 30 heavy (non-hydrogen) atoms. The Morgan fingerprint density at radius 3 is 2.37 bits per heavy atom. The van der Waals surface area contributed by atoms with Crippen LogP contribution in [-0.2, 0) is 9.53 Å². The summed E-state index contributed by atoms with van der Waals surface area (Å²) >= 11 is 12.2. The number of ketones is 1. The van der Waals surface area contributed by atoms with Crippen LogP contribution in [-0.4, -0.2) is 22.1 Å². The zero-order valence-corrected chi connectivity index (χ0v) is 18.9. The van der Waals surface area contributed by atoms with E-state index in [9.17, 15) is 9.90 Å². The monoisotopic (exact) mass is 446 g/mol. The molecule has 2 aromatic rings. The number of hydrogen-bond donors (Lipinski definition) is 1. The Balaban J connectivity index is 1.84. The van der Waals surface area contributed by atoms with Crippen molar-refractivity contribution in [2.24, 2.45) is 0 Å². The van der Waals surface area contributed by atoms with Crippen molar-refractivity contribution in [2.75, 3.05) is 0 Å². The lowest BCUT2D eigenvalue weighted by Crippen LogP contribution is -2.49. The molecule has 0 atom stereocenters. The van der Waals surface area contributed by atoms with Crippen LogP contribution in [0.15, 0.2) is 42.2 Å². The zero-order valence-electron chi connectivity index (χ0n) is 17.4. The zero-order chi connectivity index (χ0) is 21.8. The third-order valence-corrected chi connectivity index (χ3v) is 6.05.